The van der Waals surface area contributed by atoms with Gasteiger partial charge in [0.2, 0.25) is 0 Å². The van der Waals surface area contributed by atoms with Crippen molar-refractivity contribution in [2.75, 3.05) is 0 Å². The second kappa shape index (κ2) is 5.16. The molecule has 0 unspecified atom stereocenters. The van der Waals surface area contributed by atoms with Gasteiger partial charge in [-0.1, -0.05) is 25.4 Å². The first-order valence-corrected chi connectivity index (χ1v) is 5.43. The summed E-state index contributed by atoms with van der Waals surface area (Å²) in [5.74, 6) is -0.829. The normalized spacial score (nSPS) is 10.8. The number of aromatic nitrogens is 1. The Labute approximate surface area is 98.5 Å². The Morgan fingerprint density at radius 2 is 2.19 bits per heavy atom. The van der Waals surface area contributed by atoms with Crippen LogP contribution in [-0.4, -0.2) is 15.6 Å². The minimum atomic E-state index is -1.28. The van der Waals surface area contributed by atoms with Crippen molar-refractivity contribution < 1.29 is 9.90 Å². The van der Waals surface area contributed by atoms with Gasteiger partial charge in [-0.3, -0.25) is 4.79 Å². The zero-order chi connectivity index (χ0) is 12.3. The molecule has 1 aromatic heterocycles. The first-order chi connectivity index (χ1) is 7.43. The van der Waals surface area contributed by atoms with E-state index in [0.717, 1.165) is 6.42 Å². The number of hydrogen-bond donors (Lipinski definition) is 1. The Kier molecular flexibility index (Phi) is 4.12. The highest BCUT2D eigenvalue weighted by Crippen LogP contribution is 2.11. The van der Waals surface area contributed by atoms with E-state index < -0.39 is 11.5 Å². The maximum Gasteiger partial charge on any atom is 0.342 e. The lowest BCUT2D eigenvalue weighted by Gasteiger charge is -2.09. The smallest absolute Gasteiger partial charge is 0.342 e. The lowest BCUT2D eigenvalue weighted by molar-refractivity contribution is 0.0694. The third kappa shape index (κ3) is 2.85. The number of hydrogen-bond acceptors (Lipinski definition) is 2. The summed E-state index contributed by atoms with van der Waals surface area (Å²) >= 11 is 5.67. The van der Waals surface area contributed by atoms with Crippen LogP contribution in [0.5, 0.6) is 0 Å². The lowest BCUT2D eigenvalue weighted by Crippen LogP contribution is -2.26. The summed E-state index contributed by atoms with van der Waals surface area (Å²) in [5.41, 5.74) is -0.895. The molecule has 0 aliphatic heterocycles. The second-order valence-electron chi connectivity index (χ2n) is 4.02. The number of halogens is 1. The lowest BCUT2D eigenvalue weighted by atomic mass is 10.1. The van der Waals surface area contributed by atoms with Crippen molar-refractivity contribution in [3.63, 3.8) is 0 Å². The highest BCUT2D eigenvalue weighted by atomic mass is 35.5. The summed E-state index contributed by atoms with van der Waals surface area (Å²) in [6, 6.07) is 1.44. The SMILES string of the molecule is CC(C)CCn1ccc(Cl)c(C(=O)O)c1=O. The van der Waals surface area contributed by atoms with Crippen molar-refractivity contribution >= 4 is 17.6 Å². The van der Waals surface area contributed by atoms with E-state index in [1.165, 1.54) is 16.8 Å². The monoisotopic (exact) mass is 243 g/mol. The predicted molar refractivity (Wildman–Crippen MR) is 62.1 cm³/mol. The Bertz CT molecular complexity index is 451. The van der Waals surface area contributed by atoms with Crippen LogP contribution >= 0.6 is 11.6 Å². The minimum absolute atomic E-state index is 0.0155. The van der Waals surface area contributed by atoms with Crippen LogP contribution < -0.4 is 5.56 Å². The van der Waals surface area contributed by atoms with Crippen LogP contribution in [0.4, 0.5) is 0 Å². The quantitative estimate of drug-likeness (QED) is 0.882. The molecule has 88 valence electrons. The van der Waals surface area contributed by atoms with Crippen LogP contribution in [0.15, 0.2) is 17.1 Å². The minimum Gasteiger partial charge on any atom is -0.477 e. The fourth-order valence-corrected chi connectivity index (χ4v) is 1.54. The van der Waals surface area contributed by atoms with Gasteiger partial charge in [0.25, 0.3) is 5.56 Å². The van der Waals surface area contributed by atoms with Crippen molar-refractivity contribution in [1.29, 1.82) is 0 Å². The molecule has 1 rings (SSSR count). The molecule has 0 spiro atoms. The molecule has 0 fully saturated rings. The van der Waals surface area contributed by atoms with E-state index in [4.69, 9.17) is 16.7 Å². The van der Waals surface area contributed by atoms with Gasteiger partial charge in [-0.2, -0.15) is 0 Å². The molecule has 5 heteroatoms. The van der Waals surface area contributed by atoms with E-state index in [2.05, 4.69) is 0 Å². The van der Waals surface area contributed by atoms with Gasteiger partial charge in [-0.25, -0.2) is 4.79 Å². The van der Waals surface area contributed by atoms with E-state index in [0.29, 0.717) is 12.5 Å². The third-order valence-corrected chi connectivity index (χ3v) is 2.59. The number of rotatable bonds is 4. The zero-order valence-corrected chi connectivity index (χ0v) is 9.99. The van der Waals surface area contributed by atoms with Crippen LogP contribution in [0.2, 0.25) is 5.02 Å². The topological polar surface area (TPSA) is 59.3 Å². The van der Waals surface area contributed by atoms with E-state index in [-0.39, 0.29) is 10.6 Å². The summed E-state index contributed by atoms with van der Waals surface area (Å²) in [7, 11) is 0. The van der Waals surface area contributed by atoms with Gasteiger partial charge < -0.3 is 9.67 Å². The van der Waals surface area contributed by atoms with Crippen molar-refractivity contribution in [3.05, 3.63) is 33.2 Å². The maximum atomic E-state index is 11.7. The highest BCUT2D eigenvalue weighted by Gasteiger charge is 2.15. The first kappa shape index (κ1) is 12.8. The Hall–Kier alpha value is -1.29. The van der Waals surface area contributed by atoms with Gasteiger partial charge in [0.15, 0.2) is 0 Å². The zero-order valence-electron chi connectivity index (χ0n) is 9.24. The number of aromatic carboxylic acids is 1. The Morgan fingerprint density at radius 1 is 1.56 bits per heavy atom. The fourth-order valence-electron chi connectivity index (χ4n) is 1.32. The molecular formula is C11H14ClNO3. The molecule has 1 N–H and O–H groups in total. The number of aryl methyl sites for hydroxylation is 1. The van der Waals surface area contributed by atoms with Gasteiger partial charge >= 0.3 is 5.97 Å². The molecule has 1 heterocycles. The van der Waals surface area contributed by atoms with Crippen LogP contribution in [0.1, 0.15) is 30.6 Å². The van der Waals surface area contributed by atoms with E-state index in [1.54, 1.807) is 0 Å². The summed E-state index contributed by atoms with van der Waals surface area (Å²) in [6.45, 7) is 4.59. The molecule has 0 aliphatic rings. The van der Waals surface area contributed by atoms with E-state index >= 15 is 0 Å². The number of pyridine rings is 1. The second-order valence-corrected chi connectivity index (χ2v) is 4.43. The standard InChI is InChI=1S/C11H14ClNO3/c1-7(2)3-5-13-6-4-8(12)9(10(13)14)11(15)16/h4,6-7H,3,5H2,1-2H3,(H,15,16). The number of carboxylic acids is 1. The number of carboxylic acid groups (broad SMARTS) is 1. The average Bonchev–Trinajstić information content (AvgIpc) is 2.15. The molecule has 0 saturated carbocycles. The van der Waals surface area contributed by atoms with Gasteiger partial charge in [0.05, 0.1) is 5.02 Å². The highest BCUT2D eigenvalue weighted by molar-refractivity contribution is 6.33. The van der Waals surface area contributed by atoms with Gasteiger partial charge in [0.1, 0.15) is 5.56 Å². The van der Waals surface area contributed by atoms with Gasteiger partial charge in [-0.15, -0.1) is 0 Å². The number of carbonyl (C=O) groups is 1. The maximum absolute atomic E-state index is 11.7. The molecule has 0 aromatic carbocycles. The average molecular weight is 244 g/mol. The van der Waals surface area contributed by atoms with Gasteiger partial charge in [-0.05, 0) is 18.4 Å². The predicted octanol–water partition coefficient (Wildman–Crippen LogP) is 2.25. The summed E-state index contributed by atoms with van der Waals surface area (Å²) in [4.78, 5) is 22.6. The Balaban J connectivity index is 3.09. The Morgan fingerprint density at radius 3 is 2.69 bits per heavy atom. The summed E-state index contributed by atoms with van der Waals surface area (Å²) in [6.07, 6.45) is 2.35. The molecule has 1 aromatic rings. The van der Waals surface area contributed by atoms with Crippen LogP contribution in [-0.2, 0) is 6.54 Å². The van der Waals surface area contributed by atoms with Crippen LogP contribution in [0.25, 0.3) is 0 Å². The molecular weight excluding hydrogens is 230 g/mol. The van der Waals surface area contributed by atoms with Crippen molar-refractivity contribution in [3.8, 4) is 0 Å². The van der Waals surface area contributed by atoms with Crippen molar-refractivity contribution in [2.45, 2.75) is 26.8 Å². The fraction of sp³-hybridized carbons (Fsp3) is 0.455. The van der Waals surface area contributed by atoms with E-state index in [9.17, 15) is 9.59 Å². The largest absolute Gasteiger partial charge is 0.477 e. The molecule has 0 atom stereocenters. The number of nitrogens with zero attached hydrogens (tertiary/aromatic N) is 1. The summed E-state index contributed by atoms with van der Waals surface area (Å²) < 4.78 is 1.38. The molecule has 4 nitrogen and oxygen atoms in total. The van der Waals surface area contributed by atoms with E-state index in [1.807, 2.05) is 13.8 Å². The van der Waals surface area contributed by atoms with Crippen LogP contribution in [0.3, 0.4) is 0 Å². The first-order valence-electron chi connectivity index (χ1n) is 5.05. The molecule has 0 aliphatic carbocycles. The van der Waals surface area contributed by atoms with Crippen LogP contribution in [0, 0.1) is 5.92 Å². The van der Waals surface area contributed by atoms with Crippen molar-refractivity contribution in [2.24, 2.45) is 5.92 Å². The van der Waals surface area contributed by atoms with Crippen molar-refractivity contribution in [1.82, 2.24) is 4.57 Å². The molecule has 0 bridgehead atoms. The third-order valence-electron chi connectivity index (χ3n) is 2.28. The molecule has 0 radical (unpaired) electrons. The summed E-state index contributed by atoms with van der Waals surface area (Å²) in [5, 5.41) is 8.84. The molecule has 0 saturated heterocycles. The molecule has 0 amide bonds. The van der Waals surface area contributed by atoms with Gasteiger partial charge in [0, 0.05) is 12.7 Å². The molecule has 16 heavy (non-hydrogen) atoms.